The molecule has 0 amide bonds. The molecule has 140 valence electrons. The molecule has 0 saturated carbocycles. The Balaban J connectivity index is 2.19. The molecule has 3 rings (SSSR count). The first-order valence-electron chi connectivity index (χ1n) is 9.30. The molecule has 0 saturated heterocycles. The predicted molar refractivity (Wildman–Crippen MR) is 107 cm³/mol. The number of rotatable bonds is 3. The average molecular weight is 371 g/mol. The van der Waals surface area contributed by atoms with E-state index in [2.05, 4.69) is 33.9 Å². The van der Waals surface area contributed by atoms with Crippen molar-refractivity contribution in [3.05, 3.63) is 71.3 Å². The van der Waals surface area contributed by atoms with Crippen molar-refractivity contribution in [1.29, 1.82) is 0 Å². The van der Waals surface area contributed by atoms with Crippen LogP contribution in [0.25, 0.3) is 0 Å². The van der Waals surface area contributed by atoms with Gasteiger partial charge in [-0.3, -0.25) is 0 Å². The lowest BCUT2D eigenvalue weighted by molar-refractivity contribution is -0.262. The lowest BCUT2D eigenvalue weighted by Gasteiger charge is -2.52. The van der Waals surface area contributed by atoms with Gasteiger partial charge >= 0.3 is 0 Å². The second-order valence-electron chi connectivity index (χ2n) is 8.88. The molecule has 0 aliphatic heterocycles. The Labute approximate surface area is 157 Å². The first-order valence-corrected chi connectivity index (χ1v) is 12.2. The molecule has 2 aromatic carbocycles. The molecule has 0 aromatic heterocycles. The van der Waals surface area contributed by atoms with Gasteiger partial charge in [-0.05, 0) is 41.2 Å². The normalized spacial score (nSPS) is 26.4. The molecule has 26 heavy (non-hydrogen) atoms. The first-order chi connectivity index (χ1) is 12.0. The Morgan fingerprint density at radius 3 is 2.12 bits per heavy atom. The number of aliphatic hydroxyl groups is 2. The molecule has 0 heterocycles. The van der Waals surface area contributed by atoms with Crippen molar-refractivity contribution in [3.8, 4) is 0 Å². The van der Waals surface area contributed by atoms with E-state index in [1.165, 1.54) is 0 Å². The van der Waals surface area contributed by atoms with E-state index in [0.717, 1.165) is 11.1 Å². The van der Waals surface area contributed by atoms with Crippen LogP contribution in [-0.4, -0.2) is 24.3 Å². The molecule has 0 unspecified atom stereocenters. The van der Waals surface area contributed by atoms with Gasteiger partial charge in [-0.2, -0.15) is 0 Å². The summed E-state index contributed by atoms with van der Waals surface area (Å²) in [5.41, 5.74) is 0.855. The summed E-state index contributed by atoms with van der Waals surface area (Å²) in [5.74, 6) is -1.66. The van der Waals surface area contributed by atoms with Gasteiger partial charge in [0.2, 0.25) is 0 Å². The van der Waals surface area contributed by atoms with Gasteiger partial charge in [-0.1, -0.05) is 75.4 Å². The van der Waals surface area contributed by atoms with Crippen molar-refractivity contribution in [1.82, 2.24) is 0 Å². The van der Waals surface area contributed by atoms with Crippen LogP contribution >= 0.6 is 0 Å². The van der Waals surface area contributed by atoms with E-state index in [-0.39, 0.29) is 5.04 Å². The maximum absolute atomic E-state index is 12.0. The van der Waals surface area contributed by atoms with Crippen molar-refractivity contribution in [2.24, 2.45) is 0 Å². The number of fused-ring (bicyclic) bond motifs is 1. The summed E-state index contributed by atoms with van der Waals surface area (Å²) in [5, 5.41) is 23.7. The molecule has 4 heteroatoms. The van der Waals surface area contributed by atoms with Gasteiger partial charge < -0.3 is 14.6 Å². The zero-order valence-electron chi connectivity index (χ0n) is 16.4. The zero-order valence-corrected chi connectivity index (χ0v) is 17.4. The molecule has 0 radical (unpaired) electrons. The van der Waals surface area contributed by atoms with Crippen molar-refractivity contribution in [2.45, 2.75) is 63.1 Å². The predicted octanol–water partition coefficient (Wildman–Crippen LogP) is 4.58. The highest BCUT2D eigenvalue weighted by molar-refractivity contribution is 6.74. The van der Waals surface area contributed by atoms with E-state index in [0.29, 0.717) is 18.4 Å². The first kappa shape index (κ1) is 19.3. The summed E-state index contributed by atoms with van der Waals surface area (Å²) >= 11 is 0. The lowest BCUT2D eigenvalue weighted by atomic mass is 9.71. The van der Waals surface area contributed by atoms with Gasteiger partial charge in [0.25, 0.3) is 0 Å². The molecule has 0 bridgehead atoms. The molecule has 1 aliphatic rings. The minimum atomic E-state index is -2.32. The molecule has 3 nitrogen and oxygen atoms in total. The Hall–Kier alpha value is -1.46. The summed E-state index contributed by atoms with van der Waals surface area (Å²) in [7, 11) is -2.32. The Bertz CT molecular complexity index is 781. The number of hydrogen-bond acceptors (Lipinski definition) is 3. The van der Waals surface area contributed by atoms with E-state index >= 15 is 0 Å². The van der Waals surface area contributed by atoms with E-state index in [1.54, 1.807) is 0 Å². The largest absolute Gasteiger partial charge is 0.387 e. The maximum Gasteiger partial charge on any atom is 0.196 e. The average Bonchev–Trinajstić information content (AvgIpc) is 2.58. The van der Waals surface area contributed by atoms with Crippen LogP contribution in [-0.2, 0) is 16.4 Å². The van der Waals surface area contributed by atoms with Crippen LogP contribution in [0.5, 0.6) is 0 Å². The minimum Gasteiger partial charge on any atom is -0.387 e. The van der Waals surface area contributed by atoms with Crippen molar-refractivity contribution < 1.29 is 14.6 Å². The number of hydrogen-bond donors (Lipinski definition) is 2. The fraction of sp³-hybridized carbons (Fsp3) is 0.455. The third-order valence-electron chi connectivity index (χ3n) is 6.13. The number of benzene rings is 2. The maximum atomic E-state index is 12.0. The van der Waals surface area contributed by atoms with E-state index in [4.69, 9.17) is 4.43 Å². The van der Waals surface area contributed by atoms with E-state index < -0.39 is 19.7 Å². The van der Waals surface area contributed by atoms with Gasteiger partial charge in [-0.15, -0.1) is 0 Å². The molecular formula is C22H30O3Si. The van der Waals surface area contributed by atoms with E-state index in [1.807, 2.05) is 54.6 Å². The smallest absolute Gasteiger partial charge is 0.196 e. The highest BCUT2D eigenvalue weighted by Crippen LogP contribution is 2.51. The summed E-state index contributed by atoms with van der Waals surface area (Å²) in [6.07, 6.45) is 1.04. The summed E-state index contributed by atoms with van der Waals surface area (Å²) < 4.78 is 6.50. The van der Waals surface area contributed by atoms with Crippen LogP contribution in [0.15, 0.2) is 54.6 Å². The molecule has 2 aromatic rings. The van der Waals surface area contributed by atoms with Crippen LogP contribution in [0.3, 0.4) is 0 Å². The molecule has 2 N–H and O–H groups in total. The van der Waals surface area contributed by atoms with Crippen LogP contribution < -0.4 is 0 Å². The van der Waals surface area contributed by atoms with Crippen molar-refractivity contribution in [2.75, 3.05) is 0 Å². The SMILES string of the molecule is CC(C)(C)[Si](C)(C)O[C@@]1(O)CCc2ccccc2[C@@]1(O)c1ccccc1. The standard InChI is InChI=1S/C22H30O3Si/c1-20(2,3)26(4,5)25-21(23)16-15-17-11-9-10-14-19(17)22(21,24)18-12-7-6-8-13-18/h6-14,23-24H,15-16H2,1-5H3/t21-,22-/m0/s1. The lowest BCUT2D eigenvalue weighted by Crippen LogP contribution is -2.62. The van der Waals surface area contributed by atoms with Gasteiger partial charge in [0.05, 0.1) is 0 Å². The topological polar surface area (TPSA) is 49.7 Å². The van der Waals surface area contributed by atoms with Gasteiger partial charge in [0, 0.05) is 6.42 Å². The van der Waals surface area contributed by atoms with Crippen LogP contribution in [0.1, 0.15) is 43.9 Å². The van der Waals surface area contributed by atoms with E-state index in [9.17, 15) is 10.2 Å². The summed E-state index contributed by atoms with van der Waals surface area (Å²) in [4.78, 5) is 0. The van der Waals surface area contributed by atoms with Crippen LogP contribution in [0, 0.1) is 0 Å². The second kappa shape index (κ2) is 6.31. The fourth-order valence-corrected chi connectivity index (χ4v) is 4.95. The molecule has 2 atom stereocenters. The molecule has 1 aliphatic carbocycles. The van der Waals surface area contributed by atoms with Crippen LogP contribution in [0.2, 0.25) is 18.1 Å². The van der Waals surface area contributed by atoms with Gasteiger partial charge in [0.1, 0.15) is 0 Å². The molecule has 0 spiro atoms. The minimum absolute atomic E-state index is 0.0721. The third kappa shape index (κ3) is 2.95. The second-order valence-corrected chi connectivity index (χ2v) is 13.6. The van der Waals surface area contributed by atoms with Gasteiger partial charge in [0.15, 0.2) is 19.7 Å². The Morgan fingerprint density at radius 1 is 0.923 bits per heavy atom. The van der Waals surface area contributed by atoms with Crippen LogP contribution in [0.4, 0.5) is 0 Å². The fourth-order valence-electron chi connectivity index (χ4n) is 3.55. The number of aryl methyl sites for hydroxylation is 1. The Kier molecular flexibility index (Phi) is 4.68. The summed E-state index contributed by atoms with van der Waals surface area (Å²) in [6.45, 7) is 10.6. The highest BCUT2D eigenvalue weighted by atomic mass is 28.4. The van der Waals surface area contributed by atoms with Crippen molar-refractivity contribution >= 4 is 8.32 Å². The molecule has 0 fully saturated rings. The van der Waals surface area contributed by atoms with Gasteiger partial charge in [-0.25, -0.2) is 0 Å². The zero-order chi connectivity index (χ0) is 19.2. The Morgan fingerprint density at radius 2 is 1.50 bits per heavy atom. The molecular weight excluding hydrogens is 340 g/mol. The third-order valence-corrected chi connectivity index (χ3v) is 10.6. The highest BCUT2D eigenvalue weighted by Gasteiger charge is 2.59. The summed E-state index contributed by atoms with van der Waals surface area (Å²) in [6, 6.07) is 17.2. The quantitative estimate of drug-likeness (QED) is 0.614. The monoisotopic (exact) mass is 370 g/mol. The van der Waals surface area contributed by atoms with Crippen molar-refractivity contribution in [3.63, 3.8) is 0 Å².